The Bertz CT molecular complexity index is 594. The van der Waals surface area contributed by atoms with Crippen molar-refractivity contribution in [3.8, 4) is 5.75 Å². The third-order valence-electron chi connectivity index (χ3n) is 2.67. The zero-order chi connectivity index (χ0) is 14.8. The highest BCUT2D eigenvalue weighted by molar-refractivity contribution is 5.66. The molecule has 20 heavy (non-hydrogen) atoms. The fraction of sp³-hybridized carbons (Fsp3) is 0.143. The van der Waals surface area contributed by atoms with Crippen LogP contribution < -0.4 is 15.8 Å². The lowest BCUT2D eigenvalue weighted by Crippen LogP contribution is -2.04. The molecular formula is C14H13F3N2O. The van der Waals surface area contributed by atoms with Crippen molar-refractivity contribution in [1.82, 2.24) is 0 Å². The molecule has 2 aromatic carbocycles. The molecule has 0 saturated carbocycles. The summed E-state index contributed by atoms with van der Waals surface area (Å²) in [4.78, 5) is 0. The number of benzene rings is 2. The van der Waals surface area contributed by atoms with Gasteiger partial charge in [0, 0.05) is 29.2 Å². The third kappa shape index (κ3) is 3.34. The molecule has 0 atom stereocenters. The van der Waals surface area contributed by atoms with Crippen LogP contribution in [0, 0.1) is 0 Å². The molecule has 0 unspecified atom stereocenters. The van der Waals surface area contributed by atoms with Crippen molar-refractivity contribution >= 4 is 17.1 Å². The molecule has 0 bridgehead atoms. The average molecular weight is 282 g/mol. The van der Waals surface area contributed by atoms with Gasteiger partial charge >= 0.3 is 6.18 Å². The maximum Gasteiger partial charge on any atom is 0.416 e. The van der Waals surface area contributed by atoms with E-state index in [1.807, 2.05) is 0 Å². The number of nitrogens with one attached hydrogen (secondary N) is 1. The van der Waals surface area contributed by atoms with Crippen LogP contribution in [-0.2, 0) is 6.18 Å². The lowest BCUT2D eigenvalue weighted by molar-refractivity contribution is -0.137. The van der Waals surface area contributed by atoms with Crippen LogP contribution in [0.2, 0.25) is 0 Å². The summed E-state index contributed by atoms with van der Waals surface area (Å²) >= 11 is 0. The SMILES string of the molecule is COc1cc(N)cc(Nc2ccc(C(F)(F)F)cc2)c1. The summed E-state index contributed by atoms with van der Waals surface area (Å²) in [5, 5.41) is 2.97. The second-order valence-corrected chi connectivity index (χ2v) is 4.19. The summed E-state index contributed by atoms with van der Waals surface area (Å²) in [6, 6.07) is 9.78. The largest absolute Gasteiger partial charge is 0.497 e. The van der Waals surface area contributed by atoms with Crippen LogP contribution in [-0.4, -0.2) is 7.11 Å². The van der Waals surface area contributed by atoms with Crippen molar-refractivity contribution < 1.29 is 17.9 Å². The molecule has 0 heterocycles. The molecule has 106 valence electrons. The quantitative estimate of drug-likeness (QED) is 0.835. The van der Waals surface area contributed by atoms with Crippen LogP contribution in [0.25, 0.3) is 0 Å². The first-order valence-corrected chi connectivity index (χ1v) is 5.77. The van der Waals surface area contributed by atoms with E-state index >= 15 is 0 Å². The predicted octanol–water partition coefficient (Wildman–Crippen LogP) is 4.04. The fourth-order valence-electron chi connectivity index (χ4n) is 1.72. The van der Waals surface area contributed by atoms with E-state index in [4.69, 9.17) is 10.5 Å². The minimum absolute atomic E-state index is 0.499. The minimum Gasteiger partial charge on any atom is -0.497 e. The Morgan fingerprint density at radius 1 is 1.00 bits per heavy atom. The van der Waals surface area contributed by atoms with Crippen LogP contribution in [0.1, 0.15) is 5.56 Å². The van der Waals surface area contributed by atoms with E-state index in [2.05, 4.69) is 5.32 Å². The summed E-state index contributed by atoms with van der Waals surface area (Å²) in [6.45, 7) is 0. The number of rotatable bonds is 3. The molecular weight excluding hydrogens is 269 g/mol. The summed E-state index contributed by atoms with van der Waals surface area (Å²) in [5.41, 5.74) is 6.69. The monoisotopic (exact) mass is 282 g/mol. The number of hydrogen-bond acceptors (Lipinski definition) is 3. The summed E-state index contributed by atoms with van der Waals surface area (Å²) in [5.74, 6) is 0.569. The lowest BCUT2D eigenvalue weighted by Gasteiger charge is -2.11. The van der Waals surface area contributed by atoms with Crippen LogP contribution in [0.4, 0.5) is 30.2 Å². The zero-order valence-electron chi connectivity index (χ0n) is 10.7. The van der Waals surface area contributed by atoms with Crippen molar-refractivity contribution in [3.05, 3.63) is 48.0 Å². The Morgan fingerprint density at radius 3 is 2.20 bits per heavy atom. The molecule has 2 rings (SSSR count). The number of nitrogens with two attached hydrogens (primary N) is 1. The number of halogens is 3. The number of hydrogen-bond donors (Lipinski definition) is 2. The van der Waals surface area contributed by atoms with Gasteiger partial charge < -0.3 is 15.8 Å². The van der Waals surface area contributed by atoms with E-state index in [-0.39, 0.29) is 0 Å². The normalized spacial score (nSPS) is 11.2. The summed E-state index contributed by atoms with van der Waals surface area (Å²) < 4.78 is 42.4. The van der Waals surface area contributed by atoms with Crippen LogP contribution in [0.5, 0.6) is 5.75 Å². The first-order valence-electron chi connectivity index (χ1n) is 5.77. The highest BCUT2D eigenvalue weighted by Gasteiger charge is 2.29. The van der Waals surface area contributed by atoms with E-state index in [9.17, 15) is 13.2 Å². The van der Waals surface area contributed by atoms with E-state index in [1.165, 1.54) is 19.2 Å². The van der Waals surface area contributed by atoms with Crippen LogP contribution in [0.3, 0.4) is 0 Å². The van der Waals surface area contributed by atoms with Crippen LogP contribution in [0.15, 0.2) is 42.5 Å². The number of methoxy groups -OCH3 is 1. The average Bonchev–Trinajstić information content (AvgIpc) is 2.37. The Labute approximate surface area is 114 Å². The van der Waals surface area contributed by atoms with E-state index in [0.717, 1.165) is 12.1 Å². The standard InChI is InChI=1S/C14H13F3N2O/c1-20-13-7-10(18)6-12(8-13)19-11-4-2-9(3-5-11)14(15,16)17/h2-8,19H,18H2,1H3. The van der Waals surface area contributed by atoms with Gasteiger partial charge in [-0.25, -0.2) is 0 Å². The van der Waals surface area contributed by atoms with Gasteiger partial charge in [0.1, 0.15) is 5.75 Å². The maximum atomic E-state index is 12.4. The molecule has 0 aliphatic heterocycles. The predicted molar refractivity (Wildman–Crippen MR) is 72.1 cm³/mol. The number of nitrogen functional groups attached to an aromatic ring is 1. The Morgan fingerprint density at radius 2 is 1.65 bits per heavy atom. The topological polar surface area (TPSA) is 47.3 Å². The van der Waals surface area contributed by atoms with E-state index in [1.54, 1.807) is 18.2 Å². The first kappa shape index (κ1) is 14.0. The van der Waals surface area contributed by atoms with E-state index in [0.29, 0.717) is 22.8 Å². The Kier molecular flexibility index (Phi) is 3.74. The van der Waals surface area contributed by atoms with Gasteiger partial charge in [-0.05, 0) is 30.3 Å². The van der Waals surface area contributed by atoms with Gasteiger partial charge in [0.05, 0.1) is 12.7 Å². The maximum absolute atomic E-state index is 12.4. The lowest BCUT2D eigenvalue weighted by atomic mass is 10.2. The second kappa shape index (κ2) is 5.32. The second-order valence-electron chi connectivity index (χ2n) is 4.19. The molecule has 2 aromatic rings. The smallest absolute Gasteiger partial charge is 0.416 e. The fourth-order valence-corrected chi connectivity index (χ4v) is 1.72. The molecule has 0 aliphatic carbocycles. The first-order chi connectivity index (χ1) is 9.38. The molecule has 0 fully saturated rings. The molecule has 0 aromatic heterocycles. The molecule has 3 nitrogen and oxygen atoms in total. The van der Waals surface area contributed by atoms with Crippen LogP contribution >= 0.6 is 0 Å². The van der Waals surface area contributed by atoms with Gasteiger partial charge in [0.15, 0.2) is 0 Å². The molecule has 0 radical (unpaired) electrons. The van der Waals surface area contributed by atoms with Crippen molar-refractivity contribution in [2.75, 3.05) is 18.2 Å². The van der Waals surface area contributed by atoms with Crippen molar-refractivity contribution in [1.29, 1.82) is 0 Å². The molecule has 6 heteroatoms. The number of anilines is 3. The Hall–Kier alpha value is -2.37. The van der Waals surface area contributed by atoms with Gasteiger partial charge in [-0.15, -0.1) is 0 Å². The molecule has 0 saturated heterocycles. The van der Waals surface area contributed by atoms with Crippen molar-refractivity contribution in [3.63, 3.8) is 0 Å². The van der Waals surface area contributed by atoms with E-state index < -0.39 is 11.7 Å². The van der Waals surface area contributed by atoms with Crippen molar-refractivity contribution in [2.24, 2.45) is 0 Å². The zero-order valence-corrected chi connectivity index (χ0v) is 10.7. The summed E-state index contributed by atoms with van der Waals surface area (Å²) in [7, 11) is 1.51. The molecule has 0 aliphatic rings. The van der Waals surface area contributed by atoms with Gasteiger partial charge in [-0.3, -0.25) is 0 Å². The highest BCUT2D eigenvalue weighted by Crippen LogP contribution is 2.31. The highest BCUT2D eigenvalue weighted by atomic mass is 19.4. The summed E-state index contributed by atoms with van der Waals surface area (Å²) in [6.07, 6.45) is -4.33. The van der Waals surface area contributed by atoms with Gasteiger partial charge in [0.2, 0.25) is 0 Å². The molecule has 3 N–H and O–H groups in total. The Balaban J connectivity index is 2.20. The van der Waals surface area contributed by atoms with Gasteiger partial charge in [-0.2, -0.15) is 13.2 Å². The van der Waals surface area contributed by atoms with Crippen molar-refractivity contribution in [2.45, 2.75) is 6.18 Å². The minimum atomic E-state index is -4.33. The number of ether oxygens (including phenoxy) is 1. The van der Waals surface area contributed by atoms with Gasteiger partial charge in [0.25, 0.3) is 0 Å². The third-order valence-corrected chi connectivity index (χ3v) is 2.67. The molecule has 0 amide bonds. The molecule has 0 spiro atoms. The van der Waals surface area contributed by atoms with Gasteiger partial charge in [-0.1, -0.05) is 0 Å². The number of alkyl halides is 3.